The topological polar surface area (TPSA) is 33.3 Å². The van der Waals surface area contributed by atoms with Crippen molar-refractivity contribution in [3.63, 3.8) is 0 Å². The highest BCUT2D eigenvalue weighted by Crippen LogP contribution is 1.96. The molecule has 2 N–H and O–H groups in total. The van der Waals surface area contributed by atoms with Crippen LogP contribution in [-0.4, -0.2) is 38.9 Å². The molecule has 0 amide bonds. The predicted molar refractivity (Wildman–Crippen MR) is 57.1 cm³/mol. The summed E-state index contributed by atoms with van der Waals surface area (Å²) < 4.78 is 5.43. The predicted octanol–water partition coefficient (Wildman–Crippen LogP) is 1.00. The van der Waals surface area contributed by atoms with Crippen LogP contribution >= 0.6 is 0 Å². The minimum atomic E-state index is 0.203. The van der Waals surface area contributed by atoms with E-state index < -0.39 is 0 Å². The van der Waals surface area contributed by atoms with Gasteiger partial charge in [-0.1, -0.05) is 0 Å². The Balaban J connectivity index is 3.00. The maximum absolute atomic E-state index is 5.43. The van der Waals surface area contributed by atoms with Crippen molar-refractivity contribution in [1.82, 2.24) is 10.6 Å². The second-order valence-corrected chi connectivity index (χ2v) is 4.25. The summed E-state index contributed by atoms with van der Waals surface area (Å²) in [5.74, 6) is 0. The zero-order chi connectivity index (χ0) is 10.2. The van der Waals surface area contributed by atoms with Crippen molar-refractivity contribution in [2.75, 3.05) is 33.4 Å². The van der Waals surface area contributed by atoms with E-state index in [2.05, 4.69) is 31.4 Å². The van der Waals surface area contributed by atoms with Crippen LogP contribution in [0.5, 0.6) is 0 Å². The molecule has 0 aromatic carbocycles. The maximum atomic E-state index is 5.43. The molecule has 0 aliphatic rings. The molecule has 0 heterocycles. The lowest BCUT2D eigenvalue weighted by Gasteiger charge is -2.20. The standard InChI is InChI=1S/C10H24N2O/c1-10(2,3)12-7-9-13-8-5-6-11-4/h11-12H,5-9H2,1-4H3. The van der Waals surface area contributed by atoms with E-state index in [4.69, 9.17) is 4.74 Å². The smallest absolute Gasteiger partial charge is 0.0591 e. The summed E-state index contributed by atoms with van der Waals surface area (Å²) in [5.41, 5.74) is 0.203. The van der Waals surface area contributed by atoms with Gasteiger partial charge in [-0.2, -0.15) is 0 Å². The third-order valence-electron chi connectivity index (χ3n) is 1.62. The average molecular weight is 188 g/mol. The Labute approximate surface area is 82.2 Å². The third-order valence-corrected chi connectivity index (χ3v) is 1.62. The SMILES string of the molecule is CNCCCOCCNC(C)(C)C. The van der Waals surface area contributed by atoms with Gasteiger partial charge in [-0.05, 0) is 40.8 Å². The van der Waals surface area contributed by atoms with Crippen LogP contribution in [0.3, 0.4) is 0 Å². The number of hydrogen-bond acceptors (Lipinski definition) is 3. The van der Waals surface area contributed by atoms with Crippen molar-refractivity contribution in [3.05, 3.63) is 0 Å². The summed E-state index contributed by atoms with van der Waals surface area (Å²) in [6.07, 6.45) is 1.09. The van der Waals surface area contributed by atoms with E-state index in [9.17, 15) is 0 Å². The molecule has 80 valence electrons. The van der Waals surface area contributed by atoms with Crippen molar-refractivity contribution >= 4 is 0 Å². The molecular formula is C10H24N2O. The molecule has 0 radical (unpaired) electrons. The molecule has 3 heteroatoms. The summed E-state index contributed by atoms with van der Waals surface area (Å²) in [6.45, 7) is 10.1. The van der Waals surface area contributed by atoms with Gasteiger partial charge in [0.15, 0.2) is 0 Å². The number of rotatable bonds is 7. The molecule has 0 saturated heterocycles. The Kier molecular flexibility index (Phi) is 7.23. The van der Waals surface area contributed by atoms with Crippen LogP contribution in [0.4, 0.5) is 0 Å². The lowest BCUT2D eigenvalue weighted by Crippen LogP contribution is -2.38. The molecule has 0 unspecified atom stereocenters. The van der Waals surface area contributed by atoms with Crippen molar-refractivity contribution in [2.45, 2.75) is 32.7 Å². The average Bonchev–Trinajstić information content (AvgIpc) is 2.01. The number of hydrogen-bond donors (Lipinski definition) is 2. The van der Waals surface area contributed by atoms with E-state index in [1.54, 1.807) is 0 Å². The lowest BCUT2D eigenvalue weighted by atomic mass is 10.1. The van der Waals surface area contributed by atoms with E-state index in [1.165, 1.54) is 0 Å². The van der Waals surface area contributed by atoms with Gasteiger partial charge >= 0.3 is 0 Å². The molecule has 0 aromatic heterocycles. The molecule has 0 rings (SSSR count). The summed E-state index contributed by atoms with van der Waals surface area (Å²) in [4.78, 5) is 0. The van der Waals surface area contributed by atoms with Crippen LogP contribution in [0, 0.1) is 0 Å². The van der Waals surface area contributed by atoms with Gasteiger partial charge in [0, 0.05) is 18.7 Å². The fraction of sp³-hybridized carbons (Fsp3) is 1.00. The zero-order valence-corrected chi connectivity index (χ0v) is 9.44. The molecule has 0 aromatic rings. The first-order chi connectivity index (χ1) is 6.06. The largest absolute Gasteiger partial charge is 0.380 e. The zero-order valence-electron chi connectivity index (χ0n) is 9.44. The van der Waals surface area contributed by atoms with Crippen molar-refractivity contribution in [3.8, 4) is 0 Å². The Morgan fingerprint density at radius 2 is 1.77 bits per heavy atom. The molecule has 0 fully saturated rings. The maximum Gasteiger partial charge on any atom is 0.0591 e. The lowest BCUT2D eigenvalue weighted by molar-refractivity contribution is 0.129. The van der Waals surface area contributed by atoms with Crippen LogP contribution in [0.15, 0.2) is 0 Å². The normalized spacial score (nSPS) is 12.0. The van der Waals surface area contributed by atoms with Crippen molar-refractivity contribution in [1.29, 1.82) is 0 Å². The van der Waals surface area contributed by atoms with Gasteiger partial charge in [0.1, 0.15) is 0 Å². The van der Waals surface area contributed by atoms with Crippen molar-refractivity contribution < 1.29 is 4.74 Å². The second kappa shape index (κ2) is 7.30. The Morgan fingerprint density at radius 3 is 2.31 bits per heavy atom. The molecule has 0 atom stereocenters. The summed E-state index contributed by atoms with van der Waals surface area (Å²) in [7, 11) is 1.96. The highest BCUT2D eigenvalue weighted by atomic mass is 16.5. The first-order valence-electron chi connectivity index (χ1n) is 5.03. The molecular weight excluding hydrogens is 164 g/mol. The van der Waals surface area contributed by atoms with Gasteiger partial charge in [-0.25, -0.2) is 0 Å². The minimum absolute atomic E-state index is 0.203. The van der Waals surface area contributed by atoms with E-state index in [0.717, 1.165) is 32.7 Å². The summed E-state index contributed by atoms with van der Waals surface area (Å²) >= 11 is 0. The highest BCUT2D eigenvalue weighted by Gasteiger charge is 2.06. The van der Waals surface area contributed by atoms with E-state index in [1.807, 2.05) is 7.05 Å². The monoisotopic (exact) mass is 188 g/mol. The van der Waals surface area contributed by atoms with Gasteiger partial charge in [0.05, 0.1) is 6.61 Å². The molecule has 0 aliphatic heterocycles. The molecule has 13 heavy (non-hydrogen) atoms. The molecule has 0 aliphatic carbocycles. The molecule has 0 saturated carbocycles. The molecule has 0 spiro atoms. The van der Waals surface area contributed by atoms with Gasteiger partial charge in [0.25, 0.3) is 0 Å². The van der Waals surface area contributed by atoms with Crippen molar-refractivity contribution in [2.24, 2.45) is 0 Å². The summed E-state index contributed by atoms with van der Waals surface area (Å²) in [5, 5.41) is 6.46. The van der Waals surface area contributed by atoms with Gasteiger partial charge in [-0.15, -0.1) is 0 Å². The number of ether oxygens (including phenoxy) is 1. The van der Waals surface area contributed by atoms with Gasteiger partial charge < -0.3 is 15.4 Å². The first kappa shape index (κ1) is 12.9. The van der Waals surface area contributed by atoms with E-state index in [0.29, 0.717) is 0 Å². The van der Waals surface area contributed by atoms with E-state index >= 15 is 0 Å². The highest BCUT2D eigenvalue weighted by molar-refractivity contribution is 4.69. The van der Waals surface area contributed by atoms with Gasteiger partial charge in [-0.3, -0.25) is 0 Å². The third kappa shape index (κ3) is 11.9. The Morgan fingerprint density at radius 1 is 1.08 bits per heavy atom. The van der Waals surface area contributed by atoms with Crippen LogP contribution in [0.2, 0.25) is 0 Å². The Hall–Kier alpha value is -0.120. The van der Waals surface area contributed by atoms with E-state index in [-0.39, 0.29) is 5.54 Å². The fourth-order valence-corrected chi connectivity index (χ4v) is 0.951. The van der Waals surface area contributed by atoms with Crippen LogP contribution in [0.25, 0.3) is 0 Å². The minimum Gasteiger partial charge on any atom is -0.380 e. The first-order valence-corrected chi connectivity index (χ1v) is 5.03. The molecule has 0 bridgehead atoms. The fourth-order valence-electron chi connectivity index (χ4n) is 0.951. The number of nitrogens with one attached hydrogen (secondary N) is 2. The quantitative estimate of drug-likeness (QED) is 0.585. The van der Waals surface area contributed by atoms with Crippen LogP contribution in [-0.2, 0) is 4.74 Å². The Bertz CT molecular complexity index is 110. The second-order valence-electron chi connectivity index (χ2n) is 4.25. The van der Waals surface area contributed by atoms with Gasteiger partial charge in [0.2, 0.25) is 0 Å². The van der Waals surface area contributed by atoms with Crippen LogP contribution < -0.4 is 10.6 Å². The molecule has 3 nitrogen and oxygen atoms in total. The summed E-state index contributed by atoms with van der Waals surface area (Å²) in [6, 6.07) is 0. The van der Waals surface area contributed by atoms with Crippen LogP contribution in [0.1, 0.15) is 27.2 Å².